The van der Waals surface area contributed by atoms with E-state index in [2.05, 4.69) is 45.7 Å². The molecule has 0 spiro atoms. The van der Waals surface area contributed by atoms with Crippen LogP contribution < -0.4 is 10.6 Å². The Bertz CT molecular complexity index is 977. The first-order chi connectivity index (χ1) is 14.2. The van der Waals surface area contributed by atoms with E-state index in [0.717, 1.165) is 67.3 Å². The van der Waals surface area contributed by atoms with Crippen molar-refractivity contribution in [1.29, 1.82) is 0 Å². The van der Waals surface area contributed by atoms with E-state index in [1.54, 1.807) is 0 Å². The van der Waals surface area contributed by atoms with E-state index >= 15 is 0 Å². The number of fused-ring (bicyclic) bond motifs is 2. The molecule has 0 saturated carbocycles. The highest BCUT2D eigenvalue weighted by Crippen LogP contribution is 2.41. The van der Waals surface area contributed by atoms with Gasteiger partial charge >= 0.3 is 0 Å². The molecule has 1 saturated heterocycles. The quantitative estimate of drug-likeness (QED) is 0.787. The molecule has 0 unspecified atom stereocenters. The summed E-state index contributed by atoms with van der Waals surface area (Å²) in [5.74, 6) is 0.592. The monoisotopic (exact) mass is 390 g/mol. The first-order valence-electron chi connectivity index (χ1n) is 10.2. The summed E-state index contributed by atoms with van der Waals surface area (Å²) in [5, 5.41) is 6.47. The Morgan fingerprint density at radius 1 is 1.07 bits per heavy atom. The maximum absolute atomic E-state index is 12.5. The van der Waals surface area contributed by atoms with Gasteiger partial charge in [-0.2, -0.15) is 0 Å². The van der Waals surface area contributed by atoms with E-state index in [4.69, 9.17) is 4.74 Å². The lowest BCUT2D eigenvalue weighted by Gasteiger charge is -2.32. The molecule has 1 amide bonds. The van der Waals surface area contributed by atoms with Crippen LogP contribution in [-0.2, 0) is 16.1 Å². The highest BCUT2D eigenvalue weighted by Gasteiger charge is 2.32. The van der Waals surface area contributed by atoms with Crippen LogP contribution in [0.2, 0.25) is 0 Å². The van der Waals surface area contributed by atoms with Crippen LogP contribution in [-0.4, -0.2) is 62.0 Å². The van der Waals surface area contributed by atoms with Gasteiger partial charge in [-0.25, -0.2) is 0 Å². The van der Waals surface area contributed by atoms with Gasteiger partial charge in [-0.05, 0) is 31.3 Å². The summed E-state index contributed by atoms with van der Waals surface area (Å²) in [6.45, 7) is 7.03. The maximum Gasteiger partial charge on any atom is 0.260 e. The number of benzene rings is 2. The predicted molar refractivity (Wildman–Crippen MR) is 116 cm³/mol. The molecule has 0 atom stereocenters. The lowest BCUT2D eigenvalue weighted by molar-refractivity contribution is -0.110. The van der Waals surface area contributed by atoms with Crippen molar-refractivity contribution in [3.05, 3.63) is 59.2 Å². The lowest BCUT2D eigenvalue weighted by Crippen LogP contribution is -2.45. The Morgan fingerprint density at radius 3 is 2.76 bits per heavy atom. The van der Waals surface area contributed by atoms with Gasteiger partial charge in [0.1, 0.15) is 12.4 Å². The minimum Gasteiger partial charge on any atom is -0.487 e. The Kier molecular flexibility index (Phi) is 4.73. The molecule has 5 rings (SSSR count). The predicted octanol–water partition coefficient (Wildman–Crippen LogP) is 2.70. The molecule has 6 nitrogen and oxygen atoms in total. The van der Waals surface area contributed by atoms with Gasteiger partial charge in [0.15, 0.2) is 0 Å². The number of hydrogen-bond acceptors (Lipinski definition) is 5. The second-order valence-corrected chi connectivity index (χ2v) is 7.94. The number of piperazine rings is 1. The third-order valence-corrected chi connectivity index (χ3v) is 5.97. The fourth-order valence-corrected chi connectivity index (χ4v) is 4.25. The van der Waals surface area contributed by atoms with Crippen molar-refractivity contribution in [1.82, 2.24) is 9.80 Å². The molecule has 0 radical (unpaired) electrons. The van der Waals surface area contributed by atoms with Crippen LogP contribution in [0.25, 0.3) is 11.3 Å². The number of ether oxygens (including phenoxy) is 1. The van der Waals surface area contributed by atoms with Gasteiger partial charge in [0, 0.05) is 67.3 Å². The molecule has 2 N–H and O–H groups in total. The lowest BCUT2D eigenvalue weighted by atomic mass is 10.0. The molecule has 3 aliphatic heterocycles. The Balaban J connectivity index is 1.30. The molecule has 6 heteroatoms. The molecule has 29 heavy (non-hydrogen) atoms. The minimum atomic E-state index is -0.0940. The molecule has 150 valence electrons. The number of anilines is 2. The number of carbonyl (C=O) groups is 1. The molecular weight excluding hydrogens is 364 g/mol. The molecule has 2 aromatic carbocycles. The molecular formula is C23H26N4O2. The van der Waals surface area contributed by atoms with Crippen LogP contribution in [0, 0.1) is 0 Å². The Labute approximate surface area is 171 Å². The third kappa shape index (κ3) is 3.50. The van der Waals surface area contributed by atoms with Crippen LogP contribution in [0.4, 0.5) is 11.4 Å². The fourth-order valence-electron chi connectivity index (χ4n) is 4.25. The van der Waals surface area contributed by atoms with Crippen molar-refractivity contribution in [2.75, 3.05) is 56.9 Å². The fraction of sp³-hybridized carbons (Fsp3) is 0.348. The molecule has 3 heterocycles. The third-order valence-electron chi connectivity index (χ3n) is 5.97. The van der Waals surface area contributed by atoms with Crippen molar-refractivity contribution < 1.29 is 9.53 Å². The van der Waals surface area contributed by atoms with Crippen molar-refractivity contribution in [3.8, 4) is 0 Å². The molecule has 2 aromatic rings. The normalized spacial score (nSPS) is 21.5. The molecule has 0 aromatic heterocycles. The van der Waals surface area contributed by atoms with E-state index in [1.807, 2.05) is 24.3 Å². The van der Waals surface area contributed by atoms with Crippen LogP contribution >= 0.6 is 0 Å². The number of para-hydroxylation sites is 1. The first kappa shape index (κ1) is 18.2. The van der Waals surface area contributed by atoms with Gasteiger partial charge in [-0.1, -0.05) is 18.2 Å². The zero-order valence-corrected chi connectivity index (χ0v) is 16.7. The summed E-state index contributed by atoms with van der Waals surface area (Å²) < 4.78 is 5.98. The summed E-state index contributed by atoms with van der Waals surface area (Å²) >= 11 is 0. The number of hydrogen-bond donors (Lipinski definition) is 2. The largest absolute Gasteiger partial charge is 0.487 e. The molecule has 1 fully saturated rings. The molecule has 3 aliphatic rings. The van der Waals surface area contributed by atoms with Crippen LogP contribution in [0.3, 0.4) is 0 Å². The Hall–Kier alpha value is -2.83. The maximum atomic E-state index is 12.5. The van der Waals surface area contributed by atoms with E-state index in [9.17, 15) is 4.79 Å². The minimum absolute atomic E-state index is 0.0940. The first-order valence-corrected chi connectivity index (χ1v) is 10.2. The second kappa shape index (κ2) is 7.54. The van der Waals surface area contributed by atoms with Crippen molar-refractivity contribution in [2.45, 2.75) is 6.61 Å². The second-order valence-electron chi connectivity index (χ2n) is 7.94. The average molecular weight is 390 g/mol. The number of nitrogens with zero attached hydrogens (tertiary/aromatic N) is 2. The van der Waals surface area contributed by atoms with Crippen molar-refractivity contribution in [2.24, 2.45) is 0 Å². The number of rotatable bonds is 4. The van der Waals surface area contributed by atoms with E-state index in [1.165, 1.54) is 0 Å². The molecule has 0 bridgehead atoms. The van der Waals surface area contributed by atoms with Gasteiger partial charge in [0.2, 0.25) is 0 Å². The van der Waals surface area contributed by atoms with Gasteiger partial charge in [0.25, 0.3) is 5.91 Å². The number of nitrogens with one attached hydrogen (secondary N) is 2. The average Bonchev–Trinajstić information content (AvgIpc) is 3.28. The van der Waals surface area contributed by atoms with Crippen molar-refractivity contribution >= 4 is 28.6 Å². The topological polar surface area (TPSA) is 56.8 Å². The van der Waals surface area contributed by atoms with Gasteiger partial charge in [0.05, 0.1) is 5.57 Å². The summed E-state index contributed by atoms with van der Waals surface area (Å²) in [5.41, 5.74) is 5.62. The summed E-state index contributed by atoms with van der Waals surface area (Å²) in [6, 6.07) is 14.0. The van der Waals surface area contributed by atoms with Crippen LogP contribution in [0.5, 0.6) is 0 Å². The number of likely N-dealkylation sites (N-methyl/N-ethyl adjacent to an activating group) is 1. The van der Waals surface area contributed by atoms with Gasteiger partial charge in [-0.3, -0.25) is 9.69 Å². The summed E-state index contributed by atoms with van der Waals surface area (Å²) in [4.78, 5) is 17.4. The summed E-state index contributed by atoms with van der Waals surface area (Å²) in [6.07, 6.45) is 0. The van der Waals surface area contributed by atoms with Crippen LogP contribution in [0.1, 0.15) is 16.7 Å². The van der Waals surface area contributed by atoms with Crippen molar-refractivity contribution in [3.63, 3.8) is 0 Å². The zero-order valence-electron chi connectivity index (χ0n) is 16.7. The smallest absolute Gasteiger partial charge is 0.260 e. The SMILES string of the molecule is CN1CCN(CCNc2ccc3c(c2)COC3=C2C(=O)Nc3ccccc32)CC1. The van der Waals surface area contributed by atoms with E-state index < -0.39 is 0 Å². The molecule has 0 aliphatic carbocycles. The summed E-state index contributed by atoms with van der Waals surface area (Å²) in [7, 11) is 2.18. The van der Waals surface area contributed by atoms with E-state index in [-0.39, 0.29) is 5.91 Å². The van der Waals surface area contributed by atoms with Gasteiger partial charge in [-0.15, -0.1) is 0 Å². The zero-order chi connectivity index (χ0) is 19.8. The van der Waals surface area contributed by atoms with Gasteiger partial charge < -0.3 is 20.3 Å². The standard InChI is InChI=1S/C23H26N4O2/c1-26-10-12-27(13-11-26)9-8-24-17-6-7-18-16(14-17)15-29-22(18)21-19-4-2-3-5-20(19)25-23(21)28/h2-7,14,24H,8-13,15H2,1H3,(H,25,28). The highest BCUT2D eigenvalue weighted by molar-refractivity contribution is 6.36. The van der Waals surface area contributed by atoms with E-state index in [0.29, 0.717) is 17.9 Å². The highest BCUT2D eigenvalue weighted by atomic mass is 16.5. The Morgan fingerprint density at radius 2 is 1.90 bits per heavy atom. The van der Waals surface area contributed by atoms with Crippen LogP contribution in [0.15, 0.2) is 42.5 Å². The number of amides is 1. The number of carbonyl (C=O) groups excluding carboxylic acids is 1.